The van der Waals surface area contributed by atoms with Gasteiger partial charge in [-0.25, -0.2) is 15.0 Å². The molecule has 104 heavy (non-hydrogen) atoms. The number of fused-ring (bicyclic) bond motifs is 6. The first-order valence-corrected chi connectivity index (χ1v) is 37.5. The maximum absolute atomic E-state index is 11.6. The number of hydrogen-bond acceptors (Lipinski definition) is 23. The Morgan fingerprint density at radius 1 is 0.519 bits per heavy atom. The van der Waals surface area contributed by atoms with Crippen LogP contribution in [0.15, 0.2) is 77.3 Å². The molecule has 1 saturated heterocycles. The van der Waals surface area contributed by atoms with E-state index >= 15 is 0 Å². The van der Waals surface area contributed by atoms with Gasteiger partial charge in [0, 0.05) is 84.2 Å². The third-order valence-corrected chi connectivity index (χ3v) is 17.7. The Bertz CT molecular complexity index is 3820. The lowest BCUT2D eigenvalue weighted by molar-refractivity contribution is -0.156. The van der Waals surface area contributed by atoms with E-state index in [0.717, 1.165) is 190 Å². The molecular weight excluding hydrogens is 1400 g/mol. The van der Waals surface area contributed by atoms with Crippen LogP contribution in [0, 0.1) is 0 Å². The Labute approximate surface area is 621 Å². The number of nitrogens with one attached hydrogen (secondary N) is 1. The number of aryl methyl sites for hydroxylation is 4. The van der Waals surface area contributed by atoms with Crippen LogP contribution in [-0.4, -0.2) is 239 Å². The van der Waals surface area contributed by atoms with Crippen molar-refractivity contribution in [2.75, 3.05) is 204 Å². The highest BCUT2D eigenvalue weighted by Crippen LogP contribution is 2.35. The predicted octanol–water partition coefficient (Wildman–Crippen LogP) is 11.6. The minimum Gasteiger partial charge on any atom is -0.497 e. The van der Waals surface area contributed by atoms with Crippen LogP contribution in [-0.2, 0) is 89.1 Å². The van der Waals surface area contributed by atoms with Crippen LogP contribution in [0.4, 0.5) is 11.5 Å². The lowest BCUT2D eigenvalue weighted by Crippen LogP contribution is -2.47. The van der Waals surface area contributed by atoms with Crippen LogP contribution in [0.2, 0.25) is 0 Å². The number of halogens is 1. The number of nitrogens with two attached hydrogens (primary N) is 1. The molecule has 26 heteroatoms. The molecule has 9 rings (SSSR count). The number of nitrogen functional groups attached to an aromatic ring is 1. The second-order valence-corrected chi connectivity index (χ2v) is 26.9. The summed E-state index contributed by atoms with van der Waals surface area (Å²) in [6, 6.07) is 24.7. The van der Waals surface area contributed by atoms with E-state index in [9.17, 15) is 4.79 Å². The van der Waals surface area contributed by atoms with E-state index in [0.29, 0.717) is 145 Å². The smallest absolute Gasteiger partial charge is 0.308 e. The van der Waals surface area contributed by atoms with Crippen molar-refractivity contribution in [3.8, 4) is 23.0 Å². The molecule has 0 saturated carbocycles. The van der Waals surface area contributed by atoms with Gasteiger partial charge in [0.05, 0.1) is 196 Å². The van der Waals surface area contributed by atoms with Crippen molar-refractivity contribution < 1.29 is 75.8 Å². The number of aromatic amines is 1. The van der Waals surface area contributed by atoms with Gasteiger partial charge in [0.2, 0.25) is 0 Å². The van der Waals surface area contributed by atoms with Crippen molar-refractivity contribution in [1.82, 2.24) is 34.4 Å². The quantitative estimate of drug-likeness (QED) is 0.0265. The Balaban J connectivity index is 0.000000287. The summed E-state index contributed by atoms with van der Waals surface area (Å²) >= 11 is 3.65. The number of carbonyl (C=O) groups is 1. The largest absolute Gasteiger partial charge is 0.497 e. The van der Waals surface area contributed by atoms with Gasteiger partial charge in [-0.15, -0.1) is 0 Å². The van der Waals surface area contributed by atoms with Gasteiger partial charge in [0.15, 0.2) is 0 Å². The van der Waals surface area contributed by atoms with Crippen LogP contribution in [0.5, 0.6) is 23.0 Å². The summed E-state index contributed by atoms with van der Waals surface area (Å²) in [5.74, 6) is 5.41. The van der Waals surface area contributed by atoms with Crippen molar-refractivity contribution in [2.45, 2.75) is 105 Å². The van der Waals surface area contributed by atoms with E-state index < -0.39 is 5.60 Å². The number of imidazole rings is 2. The van der Waals surface area contributed by atoms with Gasteiger partial charge in [-0.05, 0) is 107 Å². The van der Waals surface area contributed by atoms with Crippen LogP contribution in [0.25, 0.3) is 43.9 Å². The molecule has 0 amide bonds. The van der Waals surface area contributed by atoms with Gasteiger partial charge < -0.3 is 91.2 Å². The number of carbonyl (C=O) groups excluding carboxylic acids is 1. The first-order chi connectivity index (χ1) is 50.7. The fourth-order valence-electron chi connectivity index (χ4n) is 11.8. The fourth-order valence-corrected chi connectivity index (χ4v) is 12.2. The molecule has 0 radical (unpaired) electrons. The number of nitrogens with zero attached hydrogens (tertiary/aromatic N) is 7. The Morgan fingerprint density at radius 2 is 1.03 bits per heavy atom. The molecule has 0 aliphatic carbocycles. The number of methoxy groups -OCH3 is 4. The maximum Gasteiger partial charge on any atom is 0.308 e. The highest BCUT2D eigenvalue weighted by atomic mass is 79.9. The summed E-state index contributed by atoms with van der Waals surface area (Å²) in [7, 11) is 6.72. The monoisotopic (exact) mass is 1510 g/mol. The summed E-state index contributed by atoms with van der Waals surface area (Å²) in [5, 5.41) is 2.11. The lowest BCUT2D eigenvalue weighted by atomic mass is 10.0. The first kappa shape index (κ1) is 82.6. The standard InChI is InChI=1S/C45H76N6O12.C33H36BrN3O4/c1-5-6-7-40-48-42-38-9-8-37(36-39(38)47-44(46)43(42)49-40)51-13-11-50(12-14-51)15-17-54-19-21-56-23-25-58-27-29-60-31-33-62-35-34-61-32-30-59-28-26-57-24-22-55-20-18-53-16-10-41(52)63-45(2,3)4;1-6-7-8-31-36-32-27(16-11-21-9-13-24(38-2)18-29(21)40-4)35-28-17-23(34)12-15-26(28)33(32)37(31)20-22-10-14-25(39-3)19-30(22)41-5/h8-9,36H,5-7,10-35H2,1-4H3,(H2,46,47)(H,48,49);9-10,12-15,17-19H,6-8,11,16,20H2,1-5H3. The molecule has 1 aliphatic heterocycles. The van der Waals surface area contributed by atoms with E-state index in [1.165, 1.54) is 0 Å². The minimum atomic E-state index is -0.478. The zero-order valence-electron chi connectivity index (χ0n) is 62.8. The van der Waals surface area contributed by atoms with E-state index in [2.05, 4.69) is 97.7 Å². The Kier molecular flexibility index (Phi) is 36.1. The molecule has 0 atom stereocenters. The average molecular weight is 1510 g/mol. The highest BCUT2D eigenvalue weighted by Gasteiger charge is 2.23. The molecule has 4 aromatic heterocycles. The minimum absolute atomic E-state index is 0.230. The number of pyridine rings is 2. The Hall–Kier alpha value is -7.05. The van der Waals surface area contributed by atoms with Crippen molar-refractivity contribution in [3.63, 3.8) is 0 Å². The number of esters is 1. The van der Waals surface area contributed by atoms with Crippen molar-refractivity contribution >= 4 is 77.3 Å². The van der Waals surface area contributed by atoms with Crippen molar-refractivity contribution in [3.05, 3.63) is 106 Å². The molecule has 0 unspecified atom stereocenters. The van der Waals surface area contributed by atoms with Crippen molar-refractivity contribution in [1.29, 1.82) is 0 Å². The van der Waals surface area contributed by atoms with Crippen LogP contribution in [0.1, 0.15) is 95.2 Å². The lowest BCUT2D eigenvalue weighted by Gasteiger charge is -2.36. The molecule has 5 heterocycles. The number of H-pyrrole nitrogens is 1. The molecule has 4 aromatic carbocycles. The summed E-state index contributed by atoms with van der Waals surface area (Å²) in [5.41, 5.74) is 15.8. The first-order valence-electron chi connectivity index (χ1n) is 36.7. The number of piperazine rings is 1. The van der Waals surface area contributed by atoms with Gasteiger partial charge in [-0.1, -0.05) is 48.7 Å². The third kappa shape index (κ3) is 27.1. The van der Waals surface area contributed by atoms with E-state index in [1.807, 2.05) is 45.0 Å². The number of aromatic nitrogens is 6. The molecule has 25 nitrogen and oxygen atoms in total. The fraction of sp³-hybridized carbons (Fsp3) is 0.577. The Morgan fingerprint density at radius 3 is 1.57 bits per heavy atom. The molecular formula is C78H112BrN9O16. The predicted molar refractivity (Wildman–Crippen MR) is 409 cm³/mol. The van der Waals surface area contributed by atoms with E-state index in [1.54, 1.807) is 28.4 Å². The van der Waals surface area contributed by atoms with Gasteiger partial charge in [-0.2, -0.15) is 0 Å². The summed E-state index contributed by atoms with van der Waals surface area (Å²) in [4.78, 5) is 39.8. The topological polar surface area (TPSA) is 260 Å². The van der Waals surface area contributed by atoms with Gasteiger partial charge in [-0.3, -0.25) is 14.7 Å². The second kappa shape index (κ2) is 45.5. The molecule has 0 spiro atoms. The number of unbranched alkanes of at least 4 members (excludes halogenated alkanes) is 2. The van der Waals surface area contributed by atoms with Crippen LogP contribution < -0.4 is 29.6 Å². The number of ether oxygens (including phenoxy) is 15. The molecule has 572 valence electrons. The number of anilines is 2. The second-order valence-electron chi connectivity index (χ2n) is 26.0. The number of hydrogen-bond donors (Lipinski definition) is 2. The molecule has 8 aromatic rings. The summed E-state index contributed by atoms with van der Waals surface area (Å²) in [6.07, 6.45) is 7.87. The molecule has 3 N–H and O–H groups in total. The number of benzene rings is 4. The molecule has 1 fully saturated rings. The normalized spacial score (nSPS) is 12.8. The van der Waals surface area contributed by atoms with E-state index in [4.69, 9.17) is 96.7 Å². The zero-order valence-corrected chi connectivity index (χ0v) is 64.4. The average Bonchev–Trinajstić information content (AvgIpc) is 1.56. The summed E-state index contributed by atoms with van der Waals surface area (Å²) in [6.45, 7) is 25.2. The van der Waals surface area contributed by atoms with Crippen molar-refractivity contribution in [2.24, 2.45) is 0 Å². The molecule has 1 aliphatic rings. The maximum atomic E-state index is 11.6. The van der Waals surface area contributed by atoms with Crippen LogP contribution >= 0.6 is 15.9 Å². The molecule has 0 bridgehead atoms. The van der Waals surface area contributed by atoms with Gasteiger partial charge in [0.25, 0.3) is 0 Å². The zero-order chi connectivity index (χ0) is 73.7. The summed E-state index contributed by atoms with van der Waals surface area (Å²) < 4.78 is 86.3. The highest BCUT2D eigenvalue weighted by molar-refractivity contribution is 9.10. The number of rotatable bonds is 49. The van der Waals surface area contributed by atoms with Gasteiger partial charge in [0.1, 0.15) is 62.6 Å². The van der Waals surface area contributed by atoms with E-state index in [-0.39, 0.29) is 12.4 Å². The van der Waals surface area contributed by atoms with Crippen LogP contribution in [0.3, 0.4) is 0 Å². The third-order valence-electron chi connectivity index (χ3n) is 17.3. The SMILES string of the molecule is CCCCc1nc2c(CCc3ccc(OC)cc3OC)nc3cc(Br)ccc3c2n1Cc1ccc(OC)cc1OC.CCCCc1nc2c([nH]1)c(N)nc1cc(N3CCN(CCOCCOCCOCCOCCOCCOCCOCCOCCOCCOCCC(=O)OC(C)(C)C)CC3)ccc12. The van der Waals surface area contributed by atoms with Gasteiger partial charge >= 0.3 is 5.97 Å².